The fraction of sp³-hybridized carbons (Fsp3) is 0.450. The lowest BCUT2D eigenvalue weighted by Crippen LogP contribution is -2.46. The number of morpholine rings is 1. The molecule has 0 amide bonds. The number of H-pyrrole nitrogens is 1. The summed E-state index contributed by atoms with van der Waals surface area (Å²) in [6.45, 7) is 8.52. The van der Waals surface area contributed by atoms with Gasteiger partial charge in [0.15, 0.2) is 0 Å². The molecule has 2 unspecified atom stereocenters. The molecule has 1 aliphatic rings. The normalized spacial score (nSPS) is 20.2. The van der Waals surface area contributed by atoms with Crippen LogP contribution in [0.15, 0.2) is 30.6 Å². The number of aromatic amines is 1. The van der Waals surface area contributed by atoms with E-state index in [4.69, 9.17) is 9.47 Å². The van der Waals surface area contributed by atoms with Crippen LogP contribution in [0.4, 0.5) is 5.82 Å². The standard InChI is InChI=1S/C20H25N5O2/c1-4-14-11-25(10-13(3)27-14)19-9-18(21-12-22-19)20-16-8-15(26-5-2)6-7-17(16)23-24-20/h6-9,12-14H,4-5,10-11H2,1-3H3,(H,23,24). The number of hydrogen-bond donors (Lipinski definition) is 1. The first-order valence-electron chi connectivity index (χ1n) is 9.51. The van der Waals surface area contributed by atoms with E-state index >= 15 is 0 Å². The van der Waals surface area contributed by atoms with Crippen molar-refractivity contribution in [1.29, 1.82) is 0 Å². The summed E-state index contributed by atoms with van der Waals surface area (Å²) >= 11 is 0. The van der Waals surface area contributed by atoms with Crippen molar-refractivity contribution in [2.24, 2.45) is 0 Å². The zero-order valence-electron chi connectivity index (χ0n) is 16.0. The van der Waals surface area contributed by atoms with Gasteiger partial charge in [0.05, 0.1) is 30.0 Å². The highest BCUT2D eigenvalue weighted by molar-refractivity contribution is 5.93. The first-order valence-corrected chi connectivity index (χ1v) is 9.51. The average Bonchev–Trinajstić information content (AvgIpc) is 3.11. The minimum absolute atomic E-state index is 0.182. The van der Waals surface area contributed by atoms with E-state index in [-0.39, 0.29) is 12.2 Å². The maximum absolute atomic E-state index is 5.97. The molecular formula is C20H25N5O2. The second kappa shape index (κ2) is 7.52. The van der Waals surface area contributed by atoms with Gasteiger partial charge in [0.1, 0.15) is 23.6 Å². The highest BCUT2D eigenvalue weighted by atomic mass is 16.5. The van der Waals surface area contributed by atoms with E-state index in [1.54, 1.807) is 6.33 Å². The predicted molar refractivity (Wildman–Crippen MR) is 105 cm³/mol. The highest BCUT2D eigenvalue weighted by Crippen LogP contribution is 2.30. The summed E-state index contributed by atoms with van der Waals surface area (Å²) in [5, 5.41) is 8.56. The second-order valence-corrected chi connectivity index (χ2v) is 6.86. The van der Waals surface area contributed by atoms with Crippen molar-refractivity contribution in [3.63, 3.8) is 0 Å². The van der Waals surface area contributed by atoms with Gasteiger partial charge in [-0.25, -0.2) is 9.97 Å². The van der Waals surface area contributed by atoms with Crippen LogP contribution in [-0.2, 0) is 4.74 Å². The largest absolute Gasteiger partial charge is 0.494 e. The van der Waals surface area contributed by atoms with Gasteiger partial charge in [-0.15, -0.1) is 0 Å². The third-order valence-corrected chi connectivity index (χ3v) is 4.85. The number of ether oxygens (including phenoxy) is 2. The van der Waals surface area contributed by atoms with Gasteiger partial charge >= 0.3 is 0 Å². The number of nitrogens with zero attached hydrogens (tertiary/aromatic N) is 4. The van der Waals surface area contributed by atoms with Gasteiger partial charge in [-0.1, -0.05) is 6.92 Å². The molecule has 3 heterocycles. The Labute approximate surface area is 158 Å². The van der Waals surface area contributed by atoms with E-state index in [1.807, 2.05) is 31.2 Å². The molecule has 0 aliphatic carbocycles. The predicted octanol–water partition coefficient (Wildman–Crippen LogP) is 3.42. The van der Waals surface area contributed by atoms with E-state index in [9.17, 15) is 0 Å². The molecule has 1 saturated heterocycles. The van der Waals surface area contributed by atoms with E-state index in [0.717, 1.165) is 53.4 Å². The van der Waals surface area contributed by atoms with Crippen LogP contribution in [0.3, 0.4) is 0 Å². The van der Waals surface area contributed by atoms with Crippen LogP contribution in [0, 0.1) is 0 Å². The zero-order chi connectivity index (χ0) is 18.8. The number of rotatable bonds is 5. The topological polar surface area (TPSA) is 76.2 Å². The Morgan fingerprint density at radius 1 is 1.22 bits per heavy atom. The smallest absolute Gasteiger partial charge is 0.132 e. The molecule has 0 radical (unpaired) electrons. The van der Waals surface area contributed by atoms with Crippen LogP contribution < -0.4 is 9.64 Å². The molecule has 0 saturated carbocycles. The van der Waals surface area contributed by atoms with Gasteiger partial charge in [0, 0.05) is 24.5 Å². The number of anilines is 1. The molecule has 27 heavy (non-hydrogen) atoms. The Balaban J connectivity index is 1.68. The molecule has 2 atom stereocenters. The van der Waals surface area contributed by atoms with E-state index < -0.39 is 0 Å². The molecule has 142 valence electrons. The summed E-state index contributed by atoms with van der Waals surface area (Å²) in [5.41, 5.74) is 2.57. The van der Waals surface area contributed by atoms with Crippen molar-refractivity contribution in [3.8, 4) is 17.1 Å². The molecule has 1 aliphatic heterocycles. The summed E-state index contributed by atoms with van der Waals surface area (Å²) in [5.74, 6) is 1.74. The second-order valence-electron chi connectivity index (χ2n) is 6.86. The van der Waals surface area contributed by atoms with Crippen LogP contribution in [0.25, 0.3) is 22.3 Å². The van der Waals surface area contributed by atoms with Crippen molar-refractivity contribution in [1.82, 2.24) is 20.2 Å². The quantitative estimate of drug-likeness (QED) is 0.745. The number of nitrogens with one attached hydrogen (secondary N) is 1. The Bertz CT molecular complexity index is 926. The maximum atomic E-state index is 5.97. The molecular weight excluding hydrogens is 342 g/mol. The third kappa shape index (κ3) is 3.60. The Hall–Kier alpha value is -2.67. The first-order chi connectivity index (χ1) is 13.2. The summed E-state index contributed by atoms with van der Waals surface area (Å²) in [6, 6.07) is 7.94. The summed E-state index contributed by atoms with van der Waals surface area (Å²) < 4.78 is 11.6. The highest BCUT2D eigenvalue weighted by Gasteiger charge is 2.25. The van der Waals surface area contributed by atoms with Gasteiger partial charge in [0.2, 0.25) is 0 Å². The van der Waals surface area contributed by atoms with Crippen LogP contribution in [0.1, 0.15) is 27.2 Å². The van der Waals surface area contributed by atoms with Gasteiger partial charge in [-0.2, -0.15) is 5.10 Å². The Morgan fingerprint density at radius 3 is 2.93 bits per heavy atom. The fourth-order valence-electron chi connectivity index (χ4n) is 3.55. The van der Waals surface area contributed by atoms with Gasteiger partial charge in [-0.05, 0) is 38.5 Å². The minimum Gasteiger partial charge on any atom is -0.494 e. The molecule has 7 nitrogen and oxygen atoms in total. The monoisotopic (exact) mass is 367 g/mol. The molecule has 4 rings (SSSR count). The Kier molecular flexibility index (Phi) is 4.94. The molecule has 1 N–H and O–H groups in total. The maximum Gasteiger partial charge on any atom is 0.132 e. The van der Waals surface area contributed by atoms with Crippen LogP contribution >= 0.6 is 0 Å². The first kappa shape index (κ1) is 17.7. The lowest BCUT2D eigenvalue weighted by molar-refractivity contribution is -0.0174. The molecule has 2 aromatic heterocycles. The fourth-order valence-corrected chi connectivity index (χ4v) is 3.55. The average molecular weight is 367 g/mol. The molecule has 1 aromatic carbocycles. The SMILES string of the molecule is CCOc1ccc2[nH]nc(-c3cc(N4CC(C)OC(CC)C4)ncn3)c2c1. The molecule has 0 bridgehead atoms. The third-order valence-electron chi connectivity index (χ3n) is 4.85. The zero-order valence-corrected chi connectivity index (χ0v) is 16.0. The minimum atomic E-state index is 0.182. The van der Waals surface area contributed by atoms with E-state index in [1.165, 1.54) is 0 Å². The van der Waals surface area contributed by atoms with Crippen molar-refractivity contribution in [2.45, 2.75) is 39.4 Å². The number of hydrogen-bond acceptors (Lipinski definition) is 6. The lowest BCUT2D eigenvalue weighted by atomic mass is 10.1. The molecule has 7 heteroatoms. The van der Waals surface area contributed by atoms with E-state index in [0.29, 0.717) is 6.61 Å². The van der Waals surface area contributed by atoms with Gasteiger partial charge in [0.25, 0.3) is 0 Å². The summed E-state index contributed by atoms with van der Waals surface area (Å²) in [7, 11) is 0. The summed E-state index contributed by atoms with van der Waals surface area (Å²) in [4.78, 5) is 11.2. The molecule has 3 aromatic rings. The van der Waals surface area contributed by atoms with Crippen molar-refractivity contribution >= 4 is 16.7 Å². The van der Waals surface area contributed by atoms with E-state index in [2.05, 4.69) is 38.9 Å². The van der Waals surface area contributed by atoms with Crippen LogP contribution in [0.5, 0.6) is 5.75 Å². The van der Waals surface area contributed by atoms with Crippen molar-refractivity contribution in [3.05, 3.63) is 30.6 Å². The Morgan fingerprint density at radius 2 is 2.11 bits per heavy atom. The van der Waals surface area contributed by atoms with Gasteiger partial charge in [-0.3, -0.25) is 5.10 Å². The molecule has 1 fully saturated rings. The number of fused-ring (bicyclic) bond motifs is 1. The summed E-state index contributed by atoms with van der Waals surface area (Å²) in [6.07, 6.45) is 3.01. The van der Waals surface area contributed by atoms with Gasteiger partial charge < -0.3 is 14.4 Å². The van der Waals surface area contributed by atoms with Crippen molar-refractivity contribution < 1.29 is 9.47 Å². The van der Waals surface area contributed by atoms with Crippen molar-refractivity contribution in [2.75, 3.05) is 24.6 Å². The van der Waals surface area contributed by atoms with Crippen LogP contribution in [-0.4, -0.2) is 52.1 Å². The lowest BCUT2D eigenvalue weighted by Gasteiger charge is -2.37. The number of benzene rings is 1. The van der Waals surface area contributed by atoms with Crippen LogP contribution in [0.2, 0.25) is 0 Å². The molecule has 0 spiro atoms. The number of aromatic nitrogens is 4.